The molecule has 11 heavy (non-hydrogen) atoms. The lowest BCUT2D eigenvalue weighted by molar-refractivity contribution is -0.122. The molecular formula is C6H12ClN3O. The second-order valence-corrected chi connectivity index (χ2v) is 2.61. The van der Waals surface area contributed by atoms with E-state index in [-0.39, 0.29) is 18.3 Å². The van der Waals surface area contributed by atoms with Gasteiger partial charge < -0.3 is 10.7 Å². The number of hydrogen-bond acceptors (Lipinski definition) is 3. The van der Waals surface area contributed by atoms with E-state index in [4.69, 9.17) is 5.73 Å². The summed E-state index contributed by atoms with van der Waals surface area (Å²) in [5.74, 6) is -0.367. The van der Waals surface area contributed by atoms with E-state index in [0.29, 0.717) is 0 Å². The molecular weight excluding hydrogens is 166 g/mol. The van der Waals surface area contributed by atoms with Crippen LogP contribution < -0.4 is 11.2 Å². The van der Waals surface area contributed by atoms with Gasteiger partial charge in [-0.3, -0.25) is 4.79 Å². The van der Waals surface area contributed by atoms with Crippen LogP contribution >= 0.6 is 12.4 Å². The van der Waals surface area contributed by atoms with Crippen LogP contribution in [0.25, 0.3) is 0 Å². The summed E-state index contributed by atoms with van der Waals surface area (Å²) in [5.41, 5.74) is 7.29. The molecule has 4 nitrogen and oxygen atoms in total. The Hall–Kier alpha value is -0.740. The van der Waals surface area contributed by atoms with E-state index in [0.717, 1.165) is 0 Å². The highest BCUT2D eigenvalue weighted by Gasteiger charge is 2.32. The summed E-state index contributed by atoms with van der Waals surface area (Å²) in [7, 11) is 1.81. The summed E-state index contributed by atoms with van der Waals surface area (Å²) < 4.78 is 0. The van der Waals surface area contributed by atoms with Crippen molar-refractivity contribution < 1.29 is 4.79 Å². The van der Waals surface area contributed by atoms with Gasteiger partial charge in [0.1, 0.15) is 5.54 Å². The second-order valence-electron chi connectivity index (χ2n) is 2.61. The van der Waals surface area contributed by atoms with E-state index in [9.17, 15) is 4.79 Å². The van der Waals surface area contributed by atoms with Crippen LogP contribution in [0.2, 0.25) is 0 Å². The molecule has 0 bridgehead atoms. The average molecular weight is 178 g/mol. The summed E-state index contributed by atoms with van der Waals surface area (Å²) in [6.45, 7) is 1.73. The fourth-order valence-corrected chi connectivity index (χ4v) is 0.839. The van der Waals surface area contributed by atoms with Crippen molar-refractivity contribution in [3.8, 4) is 0 Å². The molecule has 1 aliphatic heterocycles. The molecule has 0 aromatic heterocycles. The molecule has 0 saturated carbocycles. The lowest BCUT2D eigenvalue weighted by Gasteiger charge is -2.21. The minimum Gasteiger partial charge on any atom is -0.368 e. The zero-order chi connectivity index (χ0) is 7.78. The molecule has 3 N–H and O–H groups in total. The van der Waals surface area contributed by atoms with E-state index < -0.39 is 5.54 Å². The first-order chi connectivity index (χ1) is 4.54. The van der Waals surface area contributed by atoms with Crippen LogP contribution in [0.3, 0.4) is 0 Å². The Morgan fingerprint density at radius 3 is 2.45 bits per heavy atom. The Balaban J connectivity index is 0.000001000. The van der Waals surface area contributed by atoms with Crippen LogP contribution in [-0.4, -0.2) is 23.5 Å². The van der Waals surface area contributed by atoms with Crippen LogP contribution in [0.5, 0.6) is 0 Å². The van der Waals surface area contributed by atoms with Crippen molar-refractivity contribution in [3.63, 3.8) is 0 Å². The first-order valence-electron chi connectivity index (χ1n) is 3.04. The summed E-state index contributed by atoms with van der Waals surface area (Å²) in [4.78, 5) is 10.8. The van der Waals surface area contributed by atoms with Gasteiger partial charge in [-0.15, -0.1) is 12.4 Å². The van der Waals surface area contributed by atoms with Gasteiger partial charge in [-0.1, -0.05) is 0 Å². The van der Waals surface area contributed by atoms with Gasteiger partial charge in [0, 0.05) is 13.2 Å². The number of hydrogen-bond donors (Lipinski definition) is 2. The molecule has 1 atom stereocenters. The van der Waals surface area contributed by atoms with Crippen LogP contribution in [0, 0.1) is 0 Å². The highest BCUT2D eigenvalue weighted by atomic mass is 35.5. The highest BCUT2D eigenvalue weighted by molar-refractivity contribution is 5.86. The lowest BCUT2D eigenvalue weighted by Crippen LogP contribution is -2.52. The average Bonchev–Trinajstić information content (AvgIpc) is 2.13. The van der Waals surface area contributed by atoms with Crippen molar-refractivity contribution >= 4 is 18.3 Å². The van der Waals surface area contributed by atoms with Gasteiger partial charge in [-0.05, 0) is 13.0 Å². The molecule has 1 rings (SSSR count). The van der Waals surface area contributed by atoms with Gasteiger partial charge >= 0.3 is 0 Å². The topological polar surface area (TPSA) is 58.4 Å². The van der Waals surface area contributed by atoms with Crippen LogP contribution in [0.15, 0.2) is 12.3 Å². The third-order valence-electron chi connectivity index (χ3n) is 1.55. The van der Waals surface area contributed by atoms with Gasteiger partial charge in [0.2, 0.25) is 5.91 Å². The first kappa shape index (κ1) is 10.3. The number of carbonyl (C=O) groups is 1. The molecule has 1 unspecified atom stereocenters. The minimum atomic E-state index is -0.700. The van der Waals surface area contributed by atoms with Crippen molar-refractivity contribution in [2.75, 3.05) is 7.05 Å². The number of rotatable bonds is 1. The van der Waals surface area contributed by atoms with Crippen molar-refractivity contribution in [1.82, 2.24) is 10.4 Å². The normalized spacial score (nSPS) is 28.4. The van der Waals surface area contributed by atoms with E-state index in [2.05, 4.69) is 5.43 Å². The Bertz CT molecular complexity index is 194. The van der Waals surface area contributed by atoms with Crippen LogP contribution in [0.4, 0.5) is 0 Å². The van der Waals surface area contributed by atoms with Gasteiger partial charge in [-0.25, -0.2) is 5.43 Å². The quantitative estimate of drug-likeness (QED) is 0.574. The standard InChI is InChI=1S/C6H11N3O.ClH/c1-6(5(7)10)3-4-9(2)8-6;/h3-4,8H,1-2H3,(H2,7,10);1H. The number of primary amides is 1. The molecule has 0 aromatic rings. The summed E-state index contributed by atoms with van der Waals surface area (Å²) in [6, 6.07) is 0. The Morgan fingerprint density at radius 2 is 2.27 bits per heavy atom. The number of nitrogens with zero attached hydrogens (tertiary/aromatic N) is 1. The third-order valence-corrected chi connectivity index (χ3v) is 1.55. The predicted octanol–water partition coefficient (Wildman–Crippen LogP) is -0.384. The summed E-state index contributed by atoms with van der Waals surface area (Å²) in [5, 5.41) is 1.70. The predicted molar refractivity (Wildman–Crippen MR) is 44.9 cm³/mol. The van der Waals surface area contributed by atoms with Gasteiger partial charge in [-0.2, -0.15) is 0 Å². The Kier molecular flexibility index (Phi) is 2.90. The maximum Gasteiger partial charge on any atom is 0.243 e. The monoisotopic (exact) mass is 177 g/mol. The zero-order valence-electron chi connectivity index (χ0n) is 6.50. The maximum absolute atomic E-state index is 10.8. The third kappa shape index (κ3) is 1.85. The summed E-state index contributed by atoms with van der Waals surface area (Å²) in [6.07, 6.45) is 3.50. The number of nitrogens with one attached hydrogen (secondary N) is 1. The van der Waals surface area contributed by atoms with Crippen molar-refractivity contribution in [1.29, 1.82) is 0 Å². The minimum absolute atomic E-state index is 0. The number of carbonyl (C=O) groups excluding carboxylic acids is 1. The number of amides is 1. The Labute approximate surface area is 71.8 Å². The van der Waals surface area contributed by atoms with Gasteiger partial charge in [0.05, 0.1) is 0 Å². The van der Waals surface area contributed by atoms with Crippen molar-refractivity contribution in [2.24, 2.45) is 5.73 Å². The van der Waals surface area contributed by atoms with Gasteiger partial charge in [0.25, 0.3) is 0 Å². The molecule has 1 amide bonds. The zero-order valence-corrected chi connectivity index (χ0v) is 7.31. The maximum atomic E-state index is 10.8. The first-order valence-corrected chi connectivity index (χ1v) is 3.04. The molecule has 1 aliphatic rings. The molecule has 0 spiro atoms. The number of halogens is 1. The smallest absolute Gasteiger partial charge is 0.243 e. The van der Waals surface area contributed by atoms with E-state index in [1.807, 2.05) is 7.05 Å². The van der Waals surface area contributed by atoms with Crippen LogP contribution in [-0.2, 0) is 4.79 Å². The van der Waals surface area contributed by atoms with E-state index in [1.54, 1.807) is 24.2 Å². The van der Waals surface area contributed by atoms with Crippen molar-refractivity contribution in [3.05, 3.63) is 12.3 Å². The molecule has 0 saturated heterocycles. The van der Waals surface area contributed by atoms with Crippen LogP contribution in [0.1, 0.15) is 6.92 Å². The highest BCUT2D eigenvalue weighted by Crippen LogP contribution is 2.11. The van der Waals surface area contributed by atoms with E-state index in [1.165, 1.54) is 0 Å². The Morgan fingerprint density at radius 1 is 1.73 bits per heavy atom. The van der Waals surface area contributed by atoms with Gasteiger partial charge in [0.15, 0.2) is 0 Å². The molecule has 64 valence electrons. The largest absolute Gasteiger partial charge is 0.368 e. The van der Waals surface area contributed by atoms with E-state index >= 15 is 0 Å². The molecule has 0 radical (unpaired) electrons. The fraction of sp³-hybridized carbons (Fsp3) is 0.500. The fourth-order valence-electron chi connectivity index (χ4n) is 0.839. The molecule has 0 fully saturated rings. The molecule has 0 aromatic carbocycles. The number of hydrazine groups is 1. The lowest BCUT2D eigenvalue weighted by atomic mass is 10.0. The second kappa shape index (κ2) is 3.11. The molecule has 0 aliphatic carbocycles. The summed E-state index contributed by atoms with van der Waals surface area (Å²) >= 11 is 0. The SMILES string of the molecule is CN1C=CC(C)(C(N)=O)N1.Cl. The number of nitrogens with two attached hydrogens (primary N) is 1. The van der Waals surface area contributed by atoms with Crippen molar-refractivity contribution in [2.45, 2.75) is 12.5 Å². The molecule has 1 heterocycles. The molecule has 5 heteroatoms.